The molecule has 1 heterocycles. The molecule has 4 nitrogen and oxygen atoms in total. The molecule has 0 aliphatic heterocycles. The van der Waals surface area contributed by atoms with E-state index in [1.807, 2.05) is 12.1 Å². The van der Waals surface area contributed by atoms with Crippen LogP contribution in [0.1, 0.15) is 5.76 Å². The first-order valence-corrected chi connectivity index (χ1v) is 4.76. The lowest BCUT2D eigenvalue weighted by molar-refractivity contribution is -0.120. The molecular formula is C11H14N2O2. The molecule has 0 aliphatic rings. The fourth-order valence-corrected chi connectivity index (χ4v) is 1.09. The number of hydrogen-bond acceptors (Lipinski definition) is 3. The van der Waals surface area contributed by atoms with Gasteiger partial charge in [0.15, 0.2) is 0 Å². The van der Waals surface area contributed by atoms with E-state index in [1.54, 1.807) is 6.26 Å². The monoisotopic (exact) mass is 206 g/mol. The zero-order chi connectivity index (χ0) is 10.9. The average Bonchev–Trinajstić information content (AvgIpc) is 2.71. The minimum Gasteiger partial charge on any atom is -0.469 e. The quantitative estimate of drug-likeness (QED) is 0.515. The maximum absolute atomic E-state index is 11.2. The van der Waals surface area contributed by atoms with Crippen LogP contribution >= 0.6 is 0 Å². The van der Waals surface area contributed by atoms with Crippen LogP contribution in [-0.2, 0) is 11.2 Å². The molecule has 80 valence electrons. The Morgan fingerprint density at radius 2 is 2.47 bits per heavy atom. The van der Waals surface area contributed by atoms with Gasteiger partial charge in [0.1, 0.15) is 5.76 Å². The second kappa shape index (κ2) is 6.68. The summed E-state index contributed by atoms with van der Waals surface area (Å²) >= 11 is 0. The Balaban J connectivity index is 2.05. The average molecular weight is 206 g/mol. The summed E-state index contributed by atoms with van der Waals surface area (Å²) in [5.74, 6) is 3.20. The third kappa shape index (κ3) is 4.89. The molecule has 0 radical (unpaired) electrons. The topological polar surface area (TPSA) is 54.3 Å². The number of hydrogen-bond donors (Lipinski definition) is 2. The lowest BCUT2D eigenvalue weighted by atomic mass is 10.3. The van der Waals surface area contributed by atoms with Gasteiger partial charge < -0.3 is 9.73 Å². The van der Waals surface area contributed by atoms with Crippen molar-refractivity contribution in [3.05, 3.63) is 24.2 Å². The summed E-state index contributed by atoms with van der Waals surface area (Å²) in [6, 6.07) is 3.70. The Labute approximate surface area is 89.0 Å². The molecule has 0 bridgehead atoms. The highest BCUT2D eigenvalue weighted by Crippen LogP contribution is 1.99. The number of terminal acetylenes is 1. The Hall–Kier alpha value is -1.73. The van der Waals surface area contributed by atoms with Crippen molar-refractivity contribution in [2.45, 2.75) is 6.42 Å². The molecular weight excluding hydrogens is 192 g/mol. The van der Waals surface area contributed by atoms with Crippen LogP contribution in [0.5, 0.6) is 0 Å². The van der Waals surface area contributed by atoms with E-state index in [0.29, 0.717) is 19.5 Å². The number of amides is 1. The van der Waals surface area contributed by atoms with Crippen molar-refractivity contribution in [1.82, 2.24) is 10.6 Å². The largest absolute Gasteiger partial charge is 0.469 e. The molecule has 0 atom stereocenters. The fraction of sp³-hybridized carbons (Fsp3) is 0.364. The van der Waals surface area contributed by atoms with Crippen LogP contribution in [0.25, 0.3) is 0 Å². The molecule has 0 fully saturated rings. The van der Waals surface area contributed by atoms with Crippen molar-refractivity contribution < 1.29 is 9.21 Å². The number of carbonyl (C=O) groups is 1. The third-order valence-corrected chi connectivity index (χ3v) is 1.79. The number of carbonyl (C=O) groups excluding carboxylic acids is 1. The molecule has 2 N–H and O–H groups in total. The molecule has 4 heteroatoms. The predicted molar refractivity (Wildman–Crippen MR) is 57.1 cm³/mol. The van der Waals surface area contributed by atoms with E-state index in [2.05, 4.69) is 16.6 Å². The zero-order valence-corrected chi connectivity index (χ0v) is 8.45. The number of rotatable bonds is 6. The summed E-state index contributed by atoms with van der Waals surface area (Å²) in [6.45, 7) is 1.23. The van der Waals surface area contributed by atoms with E-state index in [0.717, 1.165) is 5.76 Å². The minimum absolute atomic E-state index is 0.0585. The van der Waals surface area contributed by atoms with Crippen LogP contribution in [0.2, 0.25) is 0 Å². The third-order valence-electron chi connectivity index (χ3n) is 1.79. The van der Waals surface area contributed by atoms with Crippen LogP contribution in [-0.4, -0.2) is 25.5 Å². The van der Waals surface area contributed by atoms with Gasteiger partial charge in [0.2, 0.25) is 5.91 Å². The molecule has 0 spiro atoms. The van der Waals surface area contributed by atoms with E-state index in [4.69, 9.17) is 10.8 Å². The van der Waals surface area contributed by atoms with Gasteiger partial charge in [-0.2, -0.15) is 0 Å². The Bertz CT molecular complexity index is 325. The van der Waals surface area contributed by atoms with Crippen molar-refractivity contribution in [1.29, 1.82) is 0 Å². The Kier molecular flexibility index (Phi) is 5.06. The summed E-state index contributed by atoms with van der Waals surface area (Å²) in [4.78, 5) is 11.2. The van der Waals surface area contributed by atoms with Crippen molar-refractivity contribution >= 4 is 5.91 Å². The molecule has 0 unspecified atom stereocenters. The first kappa shape index (κ1) is 11.3. The molecule has 0 saturated carbocycles. The van der Waals surface area contributed by atoms with Gasteiger partial charge in [0, 0.05) is 13.0 Å². The molecule has 1 rings (SSSR count). The molecule has 1 aromatic heterocycles. The minimum atomic E-state index is -0.0585. The van der Waals surface area contributed by atoms with Gasteiger partial charge in [-0.25, -0.2) is 0 Å². The fourth-order valence-electron chi connectivity index (χ4n) is 1.09. The van der Waals surface area contributed by atoms with Crippen LogP contribution < -0.4 is 10.6 Å². The Morgan fingerprint density at radius 3 is 3.13 bits per heavy atom. The van der Waals surface area contributed by atoms with Gasteiger partial charge in [-0.3, -0.25) is 10.1 Å². The molecule has 0 aromatic carbocycles. The van der Waals surface area contributed by atoms with Crippen molar-refractivity contribution in [3.63, 3.8) is 0 Å². The van der Waals surface area contributed by atoms with Crippen LogP contribution in [0.15, 0.2) is 22.8 Å². The van der Waals surface area contributed by atoms with Crippen LogP contribution in [0.4, 0.5) is 0 Å². The van der Waals surface area contributed by atoms with Gasteiger partial charge >= 0.3 is 0 Å². The van der Waals surface area contributed by atoms with Gasteiger partial charge in [-0.1, -0.05) is 5.92 Å². The zero-order valence-electron chi connectivity index (χ0n) is 8.45. The lowest BCUT2D eigenvalue weighted by Crippen LogP contribution is -2.35. The summed E-state index contributed by atoms with van der Waals surface area (Å²) in [6.07, 6.45) is 7.34. The standard InChI is InChI=1S/C11H14N2O2/c1-2-6-12-9-11(14)13-7-5-10-4-3-8-15-10/h1,3-4,8,12H,5-7,9H2,(H,13,14). The van der Waals surface area contributed by atoms with E-state index < -0.39 is 0 Å². The molecule has 15 heavy (non-hydrogen) atoms. The first-order valence-electron chi connectivity index (χ1n) is 4.76. The molecule has 1 aromatic rings. The lowest BCUT2D eigenvalue weighted by Gasteiger charge is -2.03. The SMILES string of the molecule is C#CCNCC(=O)NCCc1ccco1. The second-order valence-electron chi connectivity index (χ2n) is 2.99. The van der Waals surface area contributed by atoms with Crippen molar-refractivity contribution in [2.24, 2.45) is 0 Å². The van der Waals surface area contributed by atoms with Crippen LogP contribution in [0, 0.1) is 12.3 Å². The van der Waals surface area contributed by atoms with E-state index >= 15 is 0 Å². The summed E-state index contributed by atoms with van der Waals surface area (Å²) in [5, 5.41) is 5.56. The summed E-state index contributed by atoms with van der Waals surface area (Å²) in [7, 11) is 0. The van der Waals surface area contributed by atoms with Gasteiger partial charge in [0.05, 0.1) is 19.4 Å². The molecule has 0 aliphatic carbocycles. The number of furan rings is 1. The second-order valence-corrected chi connectivity index (χ2v) is 2.99. The van der Waals surface area contributed by atoms with Crippen LogP contribution in [0.3, 0.4) is 0 Å². The van der Waals surface area contributed by atoms with Gasteiger partial charge in [0.25, 0.3) is 0 Å². The predicted octanol–water partition coefficient (Wildman–Crippen LogP) is 0.161. The summed E-state index contributed by atoms with van der Waals surface area (Å²) < 4.78 is 5.12. The van der Waals surface area contributed by atoms with Gasteiger partial charge in [-0.15, -0.1) is 6.42 Å². The maximum atomic E-state index is 11.2. The smallest absolute Gasteiger partial charge is 0.233 e. The normalized spacial score (nSPS) is 9.53. The highest BCUT2D eigenvalue weighted by molar-refractivity contribution is 5.77. The van der Waals surface area contributed by atoms with Gasteiger partial charge in [-0.05, 0) is 12.1 Å². The van der Waals surface area contributed by atoms with E-state index in [9.17, 15) is 4.79 Å². The Morgan fingerprint density at radius 1 is 1.60 bits per heavy atom. The van der Waals surface area contributed by atoms with E-state index in [1.165, 1.54) is 0 Å². The molecule has 0 saturated heterocycles. The van der Waals surface area contributed by atoms with Crippen molar-refractivity contribution in [3.8, 4) is 12.3 Å². The van der Waals surface area contributed by atoms with E-state index in [-0.39, 0.29) is 12.5 Å². The summed E-state index contributed by atoms with van der Waals surface area (Å²) in [5.41, 5.74) is 0. The highest BCUT2D eigenvalue weighted by Gasteiger charge is 2.00. The first-order chi connectivity index (χ1) is 7.33. The number of nitrogens with one attached hydrogen (secondary N) is 2. The maximum Gasteiger partial charge on any atom is 0.233 e. The van der Waals surface area contributed by atoms with Crippen molar-refractivity contribution in [2.75, 3.05) is 19.6 Å². The molecule has 1 amide bonds. The highest BCUT2D eigenvalue weighted by atomic mass is 16.3.